The van der Waals surface area contributed by atoms with Gasteiger partial charge in [-0.05, 0) is 55.7 Å². The molecule has 2 aliphatic carbocycles. The van der Waals surface area contributed by atoms with Gasteiger partial charge in [0.15, 0.2) is 8.32 Å². The summed E-state index contributed by atoms with van der Waals surface area (Å²) in [4.78, 5) is 26.0. The van der Waals surface area contributed by atoms with Gasteiger partial charge in [0.05, 0.1) is 17.7 Å². The van der Waals surface area contributed by atoms with E-state index in [1.54, 1.807) is 6.92 Å². The molecule has 1 amide bonds. The molecular formula is C22H39NO5SSi. The number of rotatable bonds is 6. The van der Waals surface area contributed by atoms with Gasteiger partial charge in [0, 0.05) is 18.4 Å². The first-order valence-corrected chi connectivity index (χ1v) is 15.7. The minimum atomic E-state index is -3.69. The van der Waals surface area contributed by atoms with Crippen LogP contribution in [-0.2, 0) is 24.0 Å². The summed E-state index contributed by atoms with van der Waals surface area (Å²) in [7, 11) is -5.66. The third-order valence-electron chi connectivity index (χ3n) is 9.10. The number of fused-ring (bicyclic) bond motifs is 1. The summed E-state index contributed by atoms with van der Waals surface area (Å²) in [6, 6.07) is -0.289. The summed E-state index contributed by atoms with van der Waals surface area (Å²) in [6.45, 7) is 16.8. The second-order valence-electron chi connectivity index (χ2n) is 11.8. The van der Waals surface area contributed by atoms with E-state index >= 15 is 0 Å². The van der Waals surface area contributed by atoms with E-state index in [4.69, 9.17) is 4.43 Å². The van der Waals surface area contributed by atoms with E-state index in [-0.39, 0.29) is 46.5 Å². The fraction of sp³-hybridized carbons (Fsp3) is 0.909. The Bertz CT molecular complexity index is 844. The summed E-state index contributed by atoms with van der Waals surface area (Å²) in [6.07, 6.45) is 2.74. The minimum Gasteiger partial charge on any atom is -0.416 e. The van der Waals surface area contributed by atoms with Gasteiger partial charge in [0.2, 0.25) is 15.9 Å². The number of hydrogen-bond acceptors (Lipinski definition) is 5. The maximum Gasteiger partial charge on any atom is 0.246 e. The molecule has 0 aromatic rings. The Labute approximate surface area is 183 Å². The number of amides is 1. The summed E-state index contributed by atoms with van der Waals surface area (Å²) in [5, 5.41) is 0.0457. The summed E-state index contributed by atoms with van der Waals surface area (Å²) >= 11 is 0. The molecule has 30 heavy (non-hydrogen) atoms. The van der Waals surface area contributed by atoms with Gasteiger partial charge in [-0.25, -0.2) is 12.7 Å². The lowest BCUT2D eigenvalue weighted by atomic mass is 9.69. The van der Waals surface area contributed by atoms with Crippen molar-refractivity contribution >= 4 is 30.0 Å². The number of Topliss-reactive ketones (excluding diaryl/α,β-unsaturated/α-hetero) is 1. The van der Waals surface area contributed by atoms with Crippen LogP contribution in [0, 0.1) is 22.7 Å². The van der Waals surface area contributed by atoms with Gasteiger partial charge in [-0.1, -0.05) is 34.6 Å². The summed E-state index contributed by atoms with van der Waals surface area (Å²) < 4.78 is 33.3. The Morgan fingerprint density at radius 1 is 1.23 bits per heavy atom. The second-order valence-corrected chi connectivity index (χ2v) is 18.5. The molecule has 0 N–H and O–H groups in total. The smallest absolute Gasteiger partial charge is 0.246 e. The van der Waals surface area contributed by atoms with E-state index in [9.17, 15) is 18.0 Å². The van der Waals surface area contributed by atoms with Crippen LogP contribution in [-0.4, -0.2) is 51.1 Å². The van der Waals surface area contributed by atoms with Crippen molar-refractivity contribution in [1.29, 1.82) is 0 Å². The van der Waals surface area contributed by atoms with E-state index in [1.165, 1.54) is 0 Å². The first-order valence-electron chi connectivity index (χ1n) is 11.2. The molecule has 1 saturated heterocycles. The number of nitrogens with zero attached hydrogens (tertiary/aromatic N) is 1. The van der Waals surface area contributed by atoms with Crippen molar-refractivity contribution in [2.45, 2.75) is 91.4 Å². The number of carbonyl (C=O) groups is 2. The molecule has 0 unspecified atom stereocenters. The minimum absolute atomic E-state index is 0.0370. The van der Waals surface area contributed by atoms with E-state index in [0.717, 1.165) is 23.6 Å². The van der Waals surface area contributed by atoms with Crippen LogP contribution in [0.4, 0.5) is 0 Å². The lowest BCUT2D eigenvalue weighted by Crippen LogP contribution is -2.47. The third kappa shape index (κ3) is 3.41. The van der Waals surface area contributed by atoms with Crippen molar-refractivity contribution in [2.75, 3.05) is 12.4 Å². The Morgan fingerprint density at radius 3 is 2.37 bits per heavy atom. The molecule has 8 heteroatoms. The molecule has 1 spiro atoms. The fourth-order valence-electron chi connectivity index (χ4n) is 5.75. The maximum atomic E-state index is 13.2. The van der Waals surface area contributed by atoms with Crippen molar-refractivity contribution in [1.82, 2.24) is 4.31 Å². The summed E-state index contributed by atoms with van der Waals surface area (Å²) in [5.41, 5.74) is -0.454. The molecular weight excluding hydrogens is 418 g/mol. The summed E-state index contributed by atoms with van der Waals surface area (Å²) in [5.74, 6) is -1.26. The molecule has 3 fully saturated rings. The van der Waals surface area contributed by atoms with Gasteiger partial charge in [0.25, 0.3) is 0 Å². The van der Waals surface area contributed by atoms with Crippen LogP contribution >= 0.6 is 0 Å². The molecule has 3 aliphatic rings. The third-order valence-corrected chi connectivity index (χ3v) is 15.6. The molecule has 6 nitrogen and oxygen atoms in total. The number of sulfonamides is 1. The van der Waals surface area contributed by atoms with Crippen molar-refractivity contribution in [3.8, 4) is 0 Å². The average molecular weight is 458 g/mol. The topological polar surface area (TPSA) is 80.8 Å². The van der Waals surface area contributed by atoms with Crippen LogP contribution in [0.25, 0.3) is 0 Å². The van der Waals surface area contributed by atoms with Crippen LogP contribution in [0.5, 0.6) is 0 Å². The number of carbonyl (C=O) groups excluding carboxylic acids is 2. The second kappa shape index (κ2) is 7.14. The number of ketones is 1. The highest BCUT2D eigenvalue weighted by Crippen LogP contribution is 2.70. The molecule has 0 aromatic heterocycles. The van der Waals surface area contributed by atoms with E-state index < -0.39 is 30.2 Å². The molecule has 1 heterocycles. The highest BCUT2D eigenvalue weighted by atomic mass is 32.2. The SMILES string of the molecule is C[C@H](C(=O)CCO[Si](C)(C)C(C)(C)C)C(=O)N1[C@@H]2C[C@H]3CC[C@]2(CS1(=O)=O)C3(C)C. The zero-order valence-electron chi connectivity index (χ0n) is 19.9. The fourth-order valence-corrected chi connectivity index (χ4v) is 9.40. The van der Waals surface area contributed by atoms with Gasteiger partial charge in [-0.15, -0.1) is 0 Å². The molecule has 2 saturated carbocycles. The zero-order valence-corrected chi connectivity index (χ0v) is 21.7. The van der Waals surface area contributed by atoms with Crippen molar-refractivity contribution in [3.63, 3.8) is 0 Å². The van der Waals surface area contributed by atoms with Gasteiger partial charge in [-0.2, -0.15) is 0 Å². The van der Waals surface area contributed by atoms with E-state index in [2.05, 4.69) is 47.7 Å². The molecule has 2 bridgehead atoms. The number of hydrogen-bond donors (Lipinski definition) is 0. The van der Waals surface area contributed by atoms with Gasteiger partial charge >= 0.3 is 0 Å². The molecule has 0 radical (unpaired) electrons. The largest absolute Gasteiger partial charge is 0.416 e. The quantitative estimate of drug-likeness (QED) is 0.445. The Balaban J connectivity index is 1.70. The lowest BCUT2D eigenvalue weighted by molar-refractivity contribution is -0.139. The van der Waals surface area contributed by atoms with Gasteiger partial charge in [-0.3, -0.25) is 9.59 Å². The average Bonchev–Trinajstić information content (AvgIpc) is 3.06. The normalized spacial score (nSPS) is 32.9. The monoisotopic (exact) mass is 457 g/mol. The van der Waals surface area contributed by atoms with Crippen molar-refractivity contribution in [2.24, 2.45) is 22.7 Å². The van der Waals surface area contributed by atoms with E-state index in [1.807, 2.05) is 0 Å². The Kier molecular flexibility index (Phi) is 5.69. The van der Waals surface area contributed by atoms with Crippen molar-refractivity contribution in [3.05, 3.63) is 0 Å². The van der Waals surface area contributed by atoms with Gasteiger partial charge < -0.3 is 4.43 Å². The molecule has 1 aliphatic heterocycles. The molecule has 3 rings (SSSR count). The van der Waals surface area contributed by atoms with Crippen LogP contribution in [0.15, 0.2) is 0 Å². The van der Waals surface area contributed by atoms with Crippen LogP contribution in [0.1, 0.15) is 67.2 Å². The Morgan fingerprint density at radius 2 is 1.83 bits per heavy atom. The molecule has 172 valence electrons. The maximum absolute atomic E-state index is 13.2. The van der Waals surface area contributed by atoms with Crippen molar-refractivity contribution < 1.29 is 22.4 Å². The molecule has 4 atom stereocenters. The lowest BCUT2D eigenvalue weighted by Gasteiger charge is -2.37. The predicted molar refractivity (Wildman–Crippen MR) is 120 cm³/mol. The van der Waals surface area contributed by atoms with Crippen LogP contribution in [0.2, 0.25) is 18.1 Å². The van der Waals surface area contributed by atoms with Gasteiger partial charge in [0.1, 0.15) is 5.78 Å². The van der Waals surface area contributed by atoms with Crippen LogP contribution < -0.4 is 0 Å². The van der Waals surface area contributed by atoms with E-state index in [0.29, 0.717) is 5.92 Å². The highest BCUT2D eigenvalue weighted by molar-refractivity contribution is 7.90. The Hall–Kier alpha value is -0.733. The van der Waals surface area contributed by atoms with Crippen LogP contribution in [0.3, 0.4) is 0 Å². The predicted octanol–water partition coefficient (Wildman–Crippen LogP) is 3.97. The zero-order chi connectivity index (χ0) is 22.9. The highest BCUT2D eigenvalue weighted by Gasteiger charge is 2.72. The standard InChI is InChI=1S/C22H39NO5SSi/c1-15(17(24)10-12-28-30(7,8)20(2,3)4)19(25)23-18-13-16-9-11-22(18,21(16,5)6)14-29(23,26)27/h15-16,18H,9-14H2,1-8H3/t15-,16-,18-,22-/m1/s1. The first kappa shape index (κ1) is 23.9. The molecule has 0 aromatic carbocycles. The first-order chi connectivity index (χ1) is 13.5.